The molecular formula is C7H6O5. The van der Waals surface area contributed by atoms with Crippen molar-refractivity contribution in [1.82, 2.24) is 0 Å². The van der Waals surface area contributed by atoms with E-state index in [1.54, 1.807) is 0 Å². The molecule has 0 aliphatic carbocycles. The smallest absolute Gasteiger partial charge is 0.204 e. The van der Waals surface area contributed by atoms with E-state index < -0.39 is 28.4 Å². The van der Waals surface area contributed by atoms with Crippen molar-refractivity contribution in [2.24, 2.45) is 0 Å². The molecule has 4 N–H and O–H groups in total. The molecule has 0 unspecified atom stereocenters. The summed E-state index contributed by atoms with van der Waals surface area (Å²) in [5.41, 5.74) is -0.722. The second-order valence-electron chi connectivity index (χ2n) is 2.16. The van der Waals surface area contributed by atoms with Gasteiger partial charge < -0.3 is 20.4 Å². The Morgan fingerprint density at radius 3 is 1.50 bits per heavy atom. The number of rotatable bonds is 0. The average molecular weight is 170 g/mol. The fourth-order valence-corrected chi connectivity index (χ4v) is 0.691. The van der Waals surface area contributed by atoms with Crippen LogP contribution in [0, 0.1) is 0 Å². The second-order valence-corrected chi connectivity index (χ2v) is 2.16. The molecule has 12 heavy (non-hydrogen) atoms. The van der Waals surface area contributed by atoms with Crippen molar-refractivity contribution >= 4 is 0 Å². The van der Waals surface area contributed by atoms with Crippen LogP contribution in [0.15, 0.2) is 16.9 Å². The van der Waals surface area contributed by atoms with Crippen LogP contribution < -0.4 is 5.43 Å². The van der Waals surface area contributed by atoms with Crippen LogP contribution in [0.25, 0.3) is 0 Å². The van der Waals surface area contributed by atoms with E-state index in [9.17, 15) is 4.79 Å². The lowest BCUT2D eigenvalue weighted by Crippen LogP contribution is -1.89. The van der Waals surface area contributed by atoms with Crippen LogP contribution in [0.3, 0.4) is 0 Å². The van der Waals surface area contributed by atoms with Gasteiger partial charge in [0.15, 0.2) is 16.9 Å². The molecule has 0 heterocycles. The standard InChI is InChI=1S/C7H6O5/c8-3-1-4(9)6(11)7(12)5(10)2-3/h1-2,9-12H. The lowest BCUT2D eigenvalue weighted by atomic mass is 10.4. The monoisotopic (exact) mass is 170 g/mol. The van der Waals surface area contributed by atoms with Gasteiger partial charge in [0.1, 0.15) is 0 Å². The van der Waals surface area contributed by atoms with Crippen molar-refractivity contribution in [1.29, 1.82) is 0 Å². The van der Waals surface area contributed by atoms with Gasteiger partial charge >= 0.3 is 0 Å². The Hall–Kier alpha value is -1.91. The van der Waals surface area contributed by atoms with Gasteiger partial charge in [0.25, 0.3) is 0 Å². The minimum Gasteiger partial charge on any atom is -0.504 e. The van der Waals surface area contributed by atoms with Gasteiger partial charge in [-0.25, -0.2) is 0 Å². The van der Waals surface area contributed by atoms with E-state index in [0.29, 0.717) is 12.1 Å². The van der Waals surface area contributed by atoms with Crippen molar-refractivity contribution in [3.63, 3.8) is 0 Å². The minimum atomic E-state index is -0.922. The first kappa shape index (κ1) is 8.19. The molecule has 0 atom stereocenters. The van der Waals surface area contributed by atoms with Gasteiger partial charge in [0.05, 0.1) is 0 Å². The van der Waals surface area contributed by atoms with Crippen molar-refractivity contribution in [2.45, 2.75) is 0 Å². The first-order valence-electron chi connectivity index (χ1n) is 3.00. The Morgan fingerprint density at radius 2 is 1.17 bits per heavy atom. The Bertz CT molecular complexity index is 337. The molecule has 0 fully saturated rings. The summed E-state index contributed by atoms with van der Waals surface area (Å²) in [6, 6.07) is 1.35. The molecule has 0 saturated heterocycles. The fraction of sp³-hybridized carbons (Fsp3) is 0. The van der Waals surface area contributed by atoms with Crippen LogP contribution in [0.2, 0.25) is 0 Å². The number of aromatic hydroxyl groups is 4. The maximum atomic E-state index is 10.7. The molecule has 0 saturated carbocycles. The summed E-state index contributed by atoms with van der Waals surface area (Å²) in [7, 11) is 0. The molecule has 5 nitrogen and oxygen atoms in total. The van der Waals surface area contributed by atoms with E-state index in [1.807, 2.05) is 0 Å². The number of hydrogen-bond donors (Lipinski definition) is 4. The predicted molar refractivity (Wildman–Crippen MR) is 39.4 cm³/mol. The molecule has 64 valence electrons. The van der Waals surface area contributed by atoms with Crippen LogP contribution in [-0.2, 0) is 0 Å². The third-order valence-electron chi connectivity index (χ3n) is 1.27. The molecule has 0 aliphatic rings. The fourth-order valence-electron chi connectivity index (χ4n) is 0.691. The molecule has 0 radical (unpaired) electrons. The van der Waals surface area contributed by atoms with Gasteiger partial charge in [-0.2, -0.15) is 0 Å². The summed E-state index contributed by atoms with van der Waals surface area (Å²) in [5.74, 6) is -3.40. The van der Waals surface area contributed by atoms with E-state index in [2.05, 4.69) is 0 Å². The highest BCUT2D eigenvalue weighted by molar-refractivity contribution is 5.53. The van der Waals surface area contributed by atoms with Crippen LogP contribution in [0.5, 0.6) is 23.0 Å². The van der Waals surface area contributed by atoms with Crippen molar-refractivity contribution in [3.05, 3.63) is 22.4 Å². The normalized spacial score (nSPS) is 9.67. The maximum Gasteiger partial charge on any atom is 0.204 e. The molecular weight excluding hydrogens is 164 g/mol. The highest BCUT2D eigenvalue weighted by atomic mass is 16.3. The Labute approximate surface area is 66.8 Å². The minimum absolute atomic E-state index is 0.675. The quantitative estimate of drug-likeness (QED) is 0.434. The Balaban J connectivity index is 3.68. The van der Waals surface area contributed by atoms with Crippen molar-refractivity contribution < 1.29 is 20.4 Å². The van der Waals surface area contributed by atoms with Gasteiger partial charge in [0, 0.05) is 12.1 Å². The molecule has 1 aromatic rings. The predicted octanol–water partition coefficient (Wildman–Crippen LogP) is -0.131. The lowest BCUT2D eigenvalue weighted by Gasteiger charge is -1.94. The second kappa shape index (κ2) is 2.61. The largest absolute Gasteiger partial charge is 0.504 e. The SMILES string of the molecule is O=c1cc(O)c(O)c(O)c(O)c1. The lowest BCUT2D eigenvalue weighted by molar-refractivity contribution is 0.351. The highest BCUT2D eigenvalue weighted by Gasteiger charge is 2.08. The summed E-state index contributed by atoms with van der Waals surface area (Å²) in [6.45, 7) is 0. The van der Waals surface area contributed by atoms with E-state index in [1.165, 1.54) is 0 Å². The molecule has 0 spiro atoms. The van der Waals surface area contributed by atoms with E-state index >= 15 is 0 Å². The first-order chi connectivity index (χ1) is 5.52. The summed E-state index contributed by atoms with van der Waals surface area (Å²) in [4.78, 5) is 10.7. The zero-order valence-electron chi connectivity index (χ0n) is 5.85. The number of hydrogen-bond acceptors (Lipinski definition) is 5. The highest BCUT2D eigenvalue weighted by Crippen LogP contribution is 2.37. The molecule has 0 aromatic heterocycles. The third kappa shape index (κ3) is 1.24. The maximum absolute atomic E-state index is 10.7. The Morgan fingerprint density at radius 1 is 0.833 bits per heavy atom. The van der Waals surface area contributed by atoms with Gasteiger partial charge in [-0.3, -0.25) is 4.79 Å². The van der Waals surface area contributed by atoms with E-state index in [-0.39, 0.29) is 0 Å². The summed E-state index contributed by atoms with van der Waals surface area (Å²) in [6.07, 6.45) is 0. The van der Waals surface area contributed by atoms with E-state index in [4.69, 9.17) is 20.4 Å². The van der Waals surface area contributed by atoms with Crippen molar-refractivity contribution in [3.8, 4) is 23.0 Å². The van der Waals surface area contributed by atoms with Gasteiger partial charge in [0.2, 0.25) is 11.5 Å². The third-order valence-corrected chi connectivity index (χ3v) is 1.27. The topological polar surface area (TPSA) is 98.0 Å². The summed E-state index contributed by atoms with van der Waals surface area (Å²) < 4.78 is 0. The summed E-state index contributed by atoms with van der Waals surface area (Å²) in [5, 5.41) is 35.4. The molecule has 5 heteroatoms. The molecule has 0 bridgehead atoms. The van der Waals surface area contributed by atoms with Gasteiger partial charge in [-0.05, 0) is 0 Å². The Kier molecular flexibility index (Phi) is 1.78. The van der Waals surface area contributed by atoms with Gasteiger partial charge in [-0.1, -0.05) is 0 Å². The van der Waals surface area contributed by atoms with Crippen LogP contribution in [-0.4, -0.2) is 20.4 Å². The van der Waals surface area contributed by atoms with Crippen LogP contribution >= 0.6 is 0 Å². The van der Waals surface area contributed by atoms with Crippen LogP contribution in [0.4, 0.5) is 0 Å². The molecule has 0 aliphatic heterocycles. The first-order valence-corrected chi connectivity index (χ1v) is 3.00. The molecule has 1 rings (SSSR count). The zero-order chi connectivity index (χ0) is 9.30. The zero-order valence-corrected chi connectivity index (χ0v) is 5.85. The molecule has 0 amide bonds. The average Bonchev–Trinajstić information content (AvgIpc) is 2.05. The van der Waals surface area contributed by atoms with Crippen LogP contribution in [0.1, 0.15) is 0 Å². The van der Waals surface area contributed by atoms with Crippen molar-refractivity contribution in [2.75, 3.05) is 0 Å². The summed E-state index contributed by atoms with van der Waals surface area (Å²) >= 11 is 0. The van der Waals surface area contributed by atoms with Gasteiger partial charge in [-0.15, -0.1) is 0 Å². The molecule has 1 aromatic carbocycles. The van der Waals surface area contributed by atoms with E-state index in [0.717, 1.165) is 0 Å².